The van der Waals surface area contributed by atoms with Crippen molar-refractivity contribution >= 4 is 17.4 Å². The second kappa shape index (κ2) is 9.51. The van der Waals surface area contributed by atoms with Crippen LogP contribution in [0.2, 0.25) is 0 Å². The molecule has 0 spiro atoms. The molecule has 1 atom stereocenters. The Morgan fingerprint density at radius 1 is 1.06 bits per heavy atom. The highest BCUT2D eigenvalue weighted by Crippen LogP contribution is 2.39. The van der Waals surface area contributed by atoms with Crippen LogP contribution < -0.4 is 4.74 Å². The molecule has 0 unspecified atom stereocenters. The van der Waals surface area contributed by atoms with Crippen LogP contribution in [0.3, 0.4) is 0 Å². The lowest BCUT2D eigenvalue weighted by molar-refractivity contribution is -0.139. The number of aryl methyl sites for hydroxylation is 1. The Morgan fingerprint density at radius 3 is 2.47 bits per heavy atom. The minimum absolute atomic E-state index is 0.105. The Kier molecular flexibility index (Phi) is 6.35. The van der Waals surface area contributed by atoms with Gasteiger partial charge in [-0.1, -0.05) is 42.5 Å². The first-order valence-corrected chi connectivity index (χ1v) is 10.6. The topological polar surface area (TPSA) is 84.7 Å². The van der Waals surface area contributed by atoms with Gasteiger partial charge >= 0.3 is 0 Å². The van der Waals surface area contributed by atoms with Crippen molar-refractivity contribution in [1.29, 1.82) is 0 Å². The van der Waals surface area contributed by atoms with Crippen LogP contribution in [0.1, 0.15) is 30.5 Å². The maximum absolute atomic E-state index is 13.0. The number of benzene rings is 2. The number of rotatable bonds is 8. The van der Waals surface area contributed by atoms with Crippen LogP contribution >= 0.6 is 0 Å². The number of hydrogen-bond donors (Lipinski definition) is 1. The Morgan fingerprint density at radius 2 is 1.81 bits per heavy atom. The summed E-state index contributed by atoms with van der Waals surface area (Å²) in [6.45, 7) is 3.48. The summed E-state index contributed by atoms with van der Waals surface area (Å²) in [5.74, 6) is -0.740. The number of imidazole rings is 1. The number of hydrogen-bond acceptors (Lipinski definition) is 5. The number of aromatic nitrogens is 2. The van der Waals surface area contributed by atoms with Gasteiger partial charge in [-0.05, 0) is 31.0 Å². The molecule has 1 aromatic heterocycles. The molecule has 1 aliphatic heterocycles. The summed E-state index contributed by atoms with van der Waals surface area (Å²) in [6, 6.07) is 15.5. The third kappa shape index (κ3) is 4.27. The summed E-state index contributed by atoms with van der Waals surface area (Å²) in [5, 5.41) is 11.0. The molecule has 2 aromatic carbocycles. The van der Waals surface area contributed by atoms with E-state index in [1.165, 1.54) is 0 Å². The van der Waals surface area contributed by atoms with Gasteiger partial charge in [-0.2, -0.15) is 0 Å². The summed E-state index contributed by atoms with van der Waals surface area (Å²) in [4.78, 5) is 31.6. The van der Waals surface area contributed by atoms with Gasteiger partial charge in [0.05, 0.1) is 24.5 Å². The lowest BCUT2D eigenvalue weighted by Gasteiger charge is -2.25. The van der Waals surface area contributed by atoms with Crippen molar-refractivity contribution in [2.24, 2.45) is 0 Å². The van der Waals surface area contributed by atoms with E-state index in [4.69, 9.17) is 4.74 Å². The molecule has 0 bridgehead atoms. The van der Waals surface area contributed by atoms with Gasteiger partial charge in [-0.3, -0.25) is 9.59 Å². The van der Waals surface area contributed by atoms with Gasteiger partial charge in [-0.25, -0.2) is 4.98 Å². The van der Waals surface area contributed by atoms with E-state index in [1.54, 1.807) is 41.7 Å². The van der Waals surface area contributed by atoms with Gasteiger partial charge in [0.2, 0.25) is 0 Å². The molecule has 0 saturated carbocycles. The van der Waals surface area contributed by atoms with Crippen molar-refractivity contribution in [1.82, 2.24) is 14.5 Å². The second-order valence-corrected chi connectivity index (χ2v) is 7.51. The van der Waals surface area contributed by atoms with Crippen LogP contribution in [-0.2, 0) is 16.1 Å². The van der Waals surface area contributed by atoms with E-state index in [-0.39, 0.29) is 11.3 Å². The van der Waals surface area contributed by atoms with Gasteiger partial charge < -0.3 is 19.3 Å². The summed E-state index contributed by atoms with van der Waals surface area (Å²) in [6.07, 6.45) is 5.91. The molecule has 7 nitrogen and oxygen atoms in total. The molecule has 32 heavy (non-hydrogen) atoms. The fraction of sp³-hybridized carbons (Fsp3) is 0.240. The molecular weight excluding hydrogens is 406 g/mol. The fourth-order valence-corrected chi connectivity index (χ4v) is 3.96. The van der Waals surface area contributed by atoms with Crippen LogP contribution in [0.15, 0.2) is 78.9 Å². The van der Waals surface area contributed by atoms with E-state index >= 15 is 0 Å². The second-order valence-electron chi connectivity index (χ2n) is 7.51. The Hall–Kier alpha value is -3.87. The predicted molar refractivity (Wildman–Crippen MR) is 120 cm³/mol. The SMILES string of the molecule is CCOc1ccc([C@H]2/C(=C(\O)c3ccccc3)C(=O)C(=O)N2CCCn2ccnc2)cc1. The molecule has 2 heterocycles. The molecule has 0 radical (unpaired) electrons. The minimum Gasteiger partial charge on any atom is -0.507 e. The van der Waals surface area contributed by atoms with E-state index in [0.29, 0.717) is 37.4 Å². The molecule has 1 saturated heterocycles. The number of aliphatic hydroxyl groups excluding tert-OH is 1. The first-order valence-electron chi connectivity index (χ1n) is 10.6. The highest BCUT2D eigenvalue weighted by molar-refractivity contribution is 6.46. The normalized spacial score (nSPS) is 17.7. The molecule has 164 valence electrons. The van der Waals surface area contributed by atoms with Crippen molar-refractivity contribution in [3.05, 3.63) is 90.0 Å². The fourth-order valence-electron chi connectivity index (χ4n) is 3.96. The number of amides is 1. The van der Waals surface area contributed by atoms with Crippen molar-refractivity contribution in [2.45, 2.75) is 25.9 Å². The average Bonchev–Trinajstić information content (AvgIpc) is 3.42. The quantitative estimate of drug-likeness (QED) is 0.333. The molecule has 1 N–H and O–H groups in total. The van der Waals surface area contributed by atoms with E-state index < -0.39 is 17.7 Å². The first-order chi connectivity index (χ1) is 15.6. The molecule has 1 aliphatic rings. The molecule has 4 rings (SSSR count). The zero-order chi connectivity index (χ0) is 22.5. The van der Waals surface area contributed by atoms with E-state index in [0.717, 1.165) is 5.56 Å². The van der Waals surface area contributed by atoms with Crippen molar-refractivity contribution in [3.8, 4) is 5.75 Å². The lowest BCUT2D eigenvalue weighted by atomic mass is 9.95. The Labute approximate surface area is 186 Å². The number of Topliss-reactive ketones (excluding diaryl/α,β-unsaturated/α-hetero) is 1. The number of likely N-dealkylation sites (tertiary alicyclic amines) is 1. The van der Waals surface area contributed by atoms with Crippen LogP contribution in [0.4, 0.5) is 0 Å². The third-order valence-electron chi connectivity index (χ3n) is 5.47. The third-order valence-corrected chi connectivity index (χ3v) is 5.47. The van der Waals surface area contributed by atoms with Crippen molar-refractivity contribution in [2.75, 3.05) is 13.2 Å². The maximum Gasteiger partial charge on any atom is 0.295 e. The highest BCUT2D eigenvalue weighted by atomic mass is 16.5. The zero-order valence-corrected chi connectivity index (χ0v) is 17.8. The summed E-state index contributed by atoms with van der Waals surface area (Å²) >= 11 is 0. The van der Waals surface area contributed by atoms with E-state index in [2.05, 4.69) is 4.98 Å². The Balaban J connectivity index is 1.70. The number of nitrogens with zero attached hydrogens (tertiary/aromatic N) is 3. The van der Waals surface area contributed by atoms with Gasteiger partial charge in [0.15, 0.2) is 0 Å². The van der Waals surface area contributed by atoms with Gasteiger partial charge in [0.1, 0.15) is 11.5 Å². The zero-order valence-electron chi connectivity index (χ0n) is 17.8. The summed E-state index contributed by atoms with van der Waals surface area (Å²) in [7, 11) is 0. The molecular formula is C25H25N3O4. The highest BCUT2D eigenvalue weighted by Gasteiger charge is 2.45. The molecule has 3 aromatic rings. The van der Waals surface area contributed by atoms with Crippen LogP contribution in [0.25, 0.3) is 5.76 Å². The number of carbonyl (C=O) groups is 2. The van der Waals surface area contributed by atoms with E-state index in [9.17, 15) is 14.7 Å². The smallest absolute Gasteiger partial charge is 0.295 e. The first kappa shape index (κ1) is 21.4. The largest absolute Gasteiger partial charge is 0.507 e. The molecule has 7 heteroatoms. The minimum atomic E-state index is -0.673. The van der Waals surface area contributed by atoms with Gasteiger partial charge in [0, 0.05) is 31.0 Å². The van der Waals surface area contributed by atoms with Gasteiger partial charge in [0.25, 0.3) is 11.7 Å². The van der Waals surface area contributed by atoms with E-state index in [1.807, 2.05) is 48.0 Å². The van der Waals surface area contributed by atoms with Crippen molar-refractivity contribution < 1.29 is 19.4 Å². The van der Waals surface area contributed by atoms with Crippen LogP contribution in [0.5, 0.6) is 5.75 Å². The maximum atomic E-state index is 13.0. The van der Waals surface area contributed by atoms with Crippen LogP contribution in [-0.4, -0.2) is 44.4 Å². The molecule has 0 aliphatic carbocycles. The lowest BCUT2D eigenvalue weighted by Crippen LogP contribution is -2.31. The number of ether oxygens (including phenoxy) is 1. The Bertz CT molecular complexity index is 1110. The van der Waals surface area contributed by atoms with Crippen LogP contribution in [0, 0.1) is 0 Å². The summed E-state index contributed by atoms with van der Waals surface area (Å²) < 4.78 is 7.45. The number of carbonyl (C=O) groups excluding carboxylic acids is 2. The predicted octanol–water partition coefficient (Wildman–Crippen LogP) is 3.79. The summed E-state index contributed by atoms with van der Waals surface area (Å²) in [5.41, 5.74) is 1.35. The van der Waals surface area contributed by atoms with Gasteiger partial charge in [-0.15, -0.1) is 0 Å². The number of ketones is 1. The molecule has 1 amide bonds. The average molecular weight is 431 g/mol. The standard InChI is InChI=1S/C25H25N3O4/c1-2-32-20-11-9-18(10-12-20)22-21(23(29)19-7-4-3-5-8-19)24(30)25(31)28(22)15-6-14-27-16-13-26-17-27/h3-5,7-13,16-17,22,29H,2,6,14-15H2,1H3/b23-21+/t22-/m0/s1. The van der Waals surface area contributed by atoms with Crippen molar-refractivity contribution in [3.63, 3.8) is 0 Å². The monoisotopic (exact) mass is 431 g/mol. The molecule has 1 fully saturated rings. The number of aliphatic hydroxyl groups is 1.